The Bertz CT molecular complexity index is 948. The van der Waals surface area contributed by atoms with Crippen molar-refractivity contribution in [1.82, 2.24) is 4.90 Å². The lowest BCUT2D eigenvalue weighted by atomic mass is 10.1. The van der Waals surface area contributed by atoms with Crippen LogP contribution in [0.15, 0.2) is 48.5 Å². The van der Waals surface area contributed by atoms with Crippen LogP contribution in [0.5, 0.6) is 17.2 Å². The van der Waals surface area contributed by atoms with Crippen LogP contribution in [-0.4, -0.2) is 50.2 Å². The van der Waals surface area contributed by atoms with Gasteiger partial charge in [0.05, 0.1) is 7.11 Å². The van der Waals surface area contributed by atoms with Crippen molar-refractivity contribution in [2.45, 2.75) is 18.9 Å². The zero-order valence-electron chi connectivity index (χ0n) is 17.4. The van der Waals surface area contributed by atoms with Gasteiger partial charge in [-0.1, -0.05) is 30.3 Å². The fraction of sp³-hybridized carbons (Fsp3) is 0.333. The Morgan fingerprint density at radius 2 is 1.81 bits per heavy atom. The number of ether oxygens (including phenoxy) is 4. The summed E-state index contributed by atoms with van der Waals surface area (Å²) in [6.07, 6.45) is 3.87. The molecule has 0 spiro atoms. The summed E-state index contributed by atoms with van der Waals surface area (Å²) in [5, 5.41) is 0. The number of hydrogen-bond acceptors (Lipinski definition) is 6. The van der Waals surface area contributed by atoms with Crippen molar-refractivity contribution in [2.24, 2.45) is 0 Å². The fourth-order valence-electron chi connectivity index (χ4n) is 3.70. The number of methoxy groups -OCH3 is 1. The summed E-state index contributed by atoms with van der Waals surface area (Å²) in [7, 11) is 1.55. The molecule has 1 saturated heterocycles. The Morgan fingerprint density at radius 3 is 2.55 bits per heavy atom. The summed E-state index contributed by atoms with van der Waals surface area (Å²) in [6.45, 7) is 2.28. The van der Waals surface area contributed by atoms with Crippen LogP contribution in [0.3, 0.4) is 0 Å². The Hall–Kier alpha value is -3.48. The van der Waals surface area contributed by atoms with E-state index in [0.717, 1.165) is 12.8 Å². The fourth-order valence-corrected chi connectivity index (χ4v) is 3.70. The second kappa shape index (κ2) is 9.55. The van der Waals surface area contributed by atoms with E-state index in [0.29, 0.717) is 54.7 Å². The molecule has 0 aromatic heterocycles. The van der Waals surface area contributed by atoms with Gasteiger partial charge < -0.3 is 23.8 Å². The van der Waals surface area contributed by atoms with Crippen molar-refractivity contribution < 1.29 is 28.5 Å². The lowest BCUT2D eigenvalue weighted by molar-refractivity contribution is -0.156. The van der Waals surface area contributed by atoms with Crippen LogP contribution in [-0.2, 0) is 14.3 Å². The lowest BCUT2D eigenvalue weighted by Gasteiger charge is -2.23. The van der Waals surface area contributed by atoms with Gasteiger partial charge >= 0.3 is 5.97 Å². The summed E-state index contributed by atoms with van der Waals surface area (Å²) in [5.41, 5.74) is 1.35. The first-order chi connectivity index (χ1) is 15.2. The highest BCUT2D eigenvalue weighted by molar-refractivity contribution is 5.91. The van der Waals surface area contributed by atoms with E-state index in [1.165, 1.54) is 6.08 Å². The molecule has 0 saturated carbocycles. The molecule has 1 atom stereocenters. The summed E-state index contributed by atoms with van der Waals surface area (Å²) in [5.74, 6) is 0.845. The molecule has 0 radical (unpaired) electrons. The van der Waals surface area contributed by atoms with E-state index in [9.17, 15) is 9.59 Å². The van der Waals surface area contributed by atoms with E-state index in [4.69, 9.17) is 18.9 Å². The molecule has 31 heavy (non-hydrogen) atoms. The highest BCUT2D eigenvalue weighted by Gasteiger charge is 2.30. The molecular formula is C24H25NO6. The predicted molar refractivity (Wildman–Crippen MR) is 114 cm³/mol. The number of hydrogen-bond donors (Lipinski definition) is 0. The standard InChI is InChI=1S/C24H25NO6/c1-28-19-15-17(16-20-23(19)30-14-13-29-20)9-10-21(26)31-22(18-7-3-2-4-8-18)24(27)25-11-5-6-12-25/h2-4,7-10,15-16,22H,5-6,11-14H2,1H3/b10-9+/t22-/m1/s1. The summed E-state index contributed by atoms with van der Waals surface area (Å²) in [6, 6.07) is 12.6. The van der Waals surface area contributed by atoms with Gasteiger partial charge in [-0.2, -0.15) is 0 Å². The summed E-state index contributed by atoms with van der Waals surface area (Å²) < 4.78 is 22.2. The quantitative estimate of drug-likeness (QED) is 0.524. The van der Waals surface area contributed by atoms with Gasteiger partial charge in [0.25, 0.3) is 5.91 Å². The number of benzene rings is 2. The summed E-state index contributed by atoms with van der Waals surface area (Å²) >= 11 is 0. The smallest absolute Gasteiger partial charge is 0.331 e. The van der Waals surface area contributed by atoms with Crippen molar-refractivity contribution in [2.75, 3.05) is 33.4 Å². The minimum Gasteiger partial charge on any atom is -0.493 e. The summed E-state index contributed by atoms with van der Waals surface area (Å²) in [4.78, 5) is 27.3. The van der Waals surface area contributed by atoms with Crippen molar-refractivity contribution >= 4 is 18.0 Å². The number of nitrogens with zero attached hydrogens (tertiary/aromatic N) is 1. The van der Waals surface area contributed by atoms with Crippen LogP contribution >= 0.6 is 0 Å². The molecule has 1 amide bonds. The first-order valence-electron chi connectivity index (χ1n) is 10.4. The first-order valence-corrected chi connectivity index (χ1v) is 10.4. The molecule has 2 aromatic rings. The van der Waals surface area contributed by atoms with Gasteiger partial charge in [-0.05, 0) is 36.6 Å². The van der Waals surface area contributed by atoms with Crippen molar-refractivity contribution in [3.63, 3.8) is 0 Å². The highest BCUT2D eigenvalue weighted by atomic mass is 16.6. The molecule has 2 aliphatic heterocycles. The predicted octanol–water partition coefficient (Wildman–Crippen LogP) is 3.39. The van der Waals surface area contributed by atoms with Gasteiger partial charge in [-0.25, -0.2) is 4.79 Å². The maximum Gasteiger partial charge on any atom is 0.331 e. The van der Waals surface area contributed by atoms with Crippen LogP contribution < -0.4 is 14.2 Å². The normalized spacial score (nSPS) is 16.2. The van der Waals surface area contributed by atoms with Crippen LogP contribution in [0, 0.1) is 0 Å². The monoisotopic (exact) mass is 423 g/mol. The molecule has 2 aromatic carbocycles. The third kappa shape index (κ3) is 4.82. The number of rotatable bonds is 6. The highest BCUT2D eigenvalue weighted by Crippen LogP contribution is 2.40. The Morgan fingerprint density at radius 1 is 1.06 bits per heavy atom. The van der Waals surface area contributed by atoms with E-state index in [1.54, 1.807) is 42.4 Å². The van der Waals surface area contributed by atoms with Crippen LogP contribution in [0.4, 0.5) is 0 Å². The molecule has 1 fully saturated rings. The number of esters is 1. The SMILES string of the molecule is COc1cc(/C=C/C(=O)O[C@@H](C(=O)N2CCCC2)c2ccccc2)cc2c1OCCO2. The molecule has 162 valence electrons. The molecule has 0 bridgehead atoms. The maximum absolute atomic E-state index is 13.0. The van der Waals surface area contributed by atoms with Gasteiger partial charge in [-0.3, -0.25) is 4.79 Å². The van der Waals surface area contributed by atoms with Gasteiger partial charge in [0, 0.05) is 24.7 Å². The van der Waals surface area contributed by atoms with Crippen LogP contribution in [0.25, 0.3) is 6.08 Å². The Labute approximate surface area is 181 Å². The van der Waals surface area contributed by atoms with E-state index < -0.39 is 12.1 Å². The third-order valence-corrected chi connectivity index (χ3v) is 5.24. The van der Waals surface area contributed by atoms with Gasteiger partial charge in [0.1, 0.15) is 13.2 Å². The van der Waals surface area contributed by atoms with E-state index in [-0.39, 0.29) is 5.91 Å². The van der Waals surface area contributed by atoms with Crippen LogP contribution in [0.1, 0.15) is 30.1 Å². The first kappa shape index (κ1) is 20.8. The number of likely N-dealkylation sites (tertiary alicyclic amines) is 1. The molecule has 2 aliphatic rings. The average molecular weight is 423 g/mol. The largest absolute Gasteiger partial charge is 0.493 e. The third-order valence-electron chi connectivity index (χ3n) is 5.24. The zero-order valence-corrected chi connectivity index (χ0v) is 17.4. The lowest BCUT2D eigenvalue weighted by Crippen LogP contribution is -2.34. The molecule has 0 unspecified atom stereocenters. The van der Waals surface area contributed by atoms with Crippen molar-refractivity contribution in [3.8, 4) is 17.2 Å². The maximum atomic E-state index is 13.0. The second-order valence-electron chi connectivity index (χ2n) is 7.34. The van der Waals surface area contributed by atoms with Crippen molar-refractivity contribution in [1.29, 1.82) is 0 Å². The van der Waals surface area contributed by atoms with Gasteiger partial charge in [0.15, 0.2) is 11.5 Å². The molecule has 7 nitrogen and oxygen atoms in total. The minimum atomic E-state index is -0.966. The van der Waals surface area contributed by atoms with Gasteiger partial charge in [0.2, 0.25) is 11.9 Å². The zero-order chi connectivity index (χ0) is 21.6. The van der Waals surface area contributed by atoms with Crippen LogP contribution in [0.2, 0.25) is 0 Å². The second-order valence-corrected chi connectivity index (χ2v) is 7.34. The van der Waals surface area contributed by atoms with Crippen molar-refractivity contribution in [3.05, 3.63) is 59.7 Å². The van der Waals surface area contributed by atoms with E-state index in [1.807, 2.05) is 18.2 Å². The average Bonchev–Trinajstić information content (AvgIpc) is 3.36. The molecule has 7 heteroatoms. The Kier molecular flexibility index (Phi) is 6.40. The Balaban J connectivity index is 1.51. The number of carbonyl (C=O) groups is 2. The molecule has 0 N–H and O–H groups in total. The molecule has 0 aliphatic carbocycles. The number of fused-ring (bicyclic) bond motifs is 1. The molecular weight excluding hydrogens is 398 g/mol. The minimum absolute atomic E-state index is 0.188. The topological polar surface area (TPSA) is 74.3 Å². The number of amides is 1. The molecule has 2 heterocycles. The van der Waals surface area contributed by atoms with E-state index in [2.05, 4.69) is 0 Å². The van der Waals surface area contributed by atoms with E-state index >= 15 is 0 Å². The molecule has 4 rings (SSSR count). The van der Waals surface area contributed by atoms with Gasteiger partial charge in [-0.15, -0.1) is 0 Å². The number of carbonyl (C=O) groups excluding carboxylic acids is 2.